The van der Waals surface area contributed by atoms with E-state index >= 15 is 0 Å². The number of carbonyl (C=O) groups is 1. The van der Waals surface area contributed by atoms with Gasteiger partial charge in [0.15, 0.2) is 5.11 Å². The van der Waals surface area contributed by atoms with Crippen LogP contribution in [0.2, 0.25) is 5.02 Å². The lowest BCUT2D eigenvalue weighted by Crippen LogP contribution is -2.55. The molecule has 12 heteroatoms. The molecule has 1 aromatic rings. The van der Waals surface area contributed by atoms with Gasteiger partial charge in [-0.15, -0.1) is 0 Å². The number of benzene rings is 1. The van der Waals surface area contributed by atoms with Crippen molar-refractivity contribution in [3.63, 3.8) is 0 Å². The number of nitrogens with one attached hydrogen (secondary N) is 3. The van der Waals surface area contributed by atoms with Crippen molar-refractivity contribution in [1.29, 1.82) is 0 Å². The lowest BCUT2D eigenvalue weighted by Gasteiger charge is -2.27. The predicted octanol–water partition coefficient (Wildman–Crippen LogP) is 4.48. The minimum Gasteiger partial charge on any atom is -0.339 e. The van der Waals surface area contributed by atoms with E-state index in [1.165, 1.54) is 6.92 Å². The molecule has 0 spiro atoms. The molecule has 1 rings (SSSR count). The Morgan fingerprint density at radius 3 is 2.25 bits per heavy atom. The van der Waals surface area contributed by atoms with Gasteiger partial charge < -0.3 is 16.0 Å². The van der Waals surface area contributed by atoms with E-state index < -0.39 is 27.6 Å². The fourth-order valence-corrected chi connectivity index (χ4v) is 2.21. The number of carbonyl (C=O) groups excluding carboxylic acids is 1. The summed E-state index contributed by atoms with van der Waals surface area (Å²) in [4.78, 5) is 11.1. The Kier molecular flexibility index (Phi) is 7.25. The number of thiocarbonyl (C=S) groups is 1. The third-order valence-corrected chi connectivity index (χ3v) is 3.70. The molecule has 0 aromatic heterocycles. The molecule has 1 amide bonds. The van der Waals surface area contributed by atoms with Crippen molar-refractivity contribution in [3.8, 4) is 0 Å². The first-order valence-corrected chi connectivity index (χ1v) is 8.01. The maximum Gasteiger partial charge on any atom is 0.416 e. The second-order valence-corrected chi connectivity index (χ2v) is 7.65. The van der Waals surface area contributed by atoms with Crippen LogP contribution in [0.25, 0.3) is 0 Å². The van der Waals surface area contributed by atoms with E-state index in [0.717, 1.165) is 18.2 Å². The van der Waals surface area contributed by atoms with Crippen molar-refractivity contribution in [2.24, 2.45) is 0 Å². The summed E-state index contributed by atoms with van der Waals surface area (Å²) >= 11 is 27.9. The largest absolute Gasteiger partial charge is 0.416 e. The van der Waals surface area contributed by atoms with Crippen LogP contribution in [0.3, 0.4) is 0 Å². The molecule has 0 aliphatic rings. The highest BCUT2D eigenvalue weighted by atomic mass is 35.6. The van der Waals surface area contributed by atoms with Crippen molar-refractivity contribution in [2.45, 2.75) is 23.1 Å². The highest BCUT2D eigenvalue weighted by molar-refractivity contribution is 7.80. The summed E-state index contributed by atoms with van der Waals surface area (Å²) < 4.78 is 36.2. The maximum absolute atomic E-state index is 12.7. The van der Waals surface area contributed by atoms with Crippen LogP contribution >= 0.6 is 58.6 Å². The van der Waals surface area contributed by atoms with E-state index in [4.69, 9.17) is 58.6 Å². The molecule has 0 radical (unpaired) electrons. The topological polar surface area (TPSA) is 53.2 Å². The second kappa shape index (κ2) is 8.14. The molecule has 0 fully saturated rings. The fourth-order valence-electron chi connectivity index (χ4n) is 1.49. The summed E-state index contributed by atoms with van der Waals surface area (Å²) in [6.07, 6.45) is -5.77. The van der Waals surface area contributed by atoms with Gasteiger partial charge in [0.25, 0.3) is 0 Å². The molecule has 0 saturated carbocycles. The Hall–Kier alpha value is -0.670. The average Bonchev–Trinajstić information content (AvgIpc) is 2.37. The molecule has 24 heavy (non-hydrogen) atoms. The summed E-state index contributed by atoms with van der Waals surface area (Å²) in [6, 6.07) is 2.67. The molecule has 0 heterocycles. The zero-order valence-corrected chi connectivity index (χ0v) is 15.6. The number of halogens is 7. The molecule has 134 valence electrons. The average molecular weight is 443 g/mol. The number of rotatable bonds is 3. The zero-order chi connectivity index (χ0) is 18.7. The van der Waals surface area contributed by atoms with E-state index in [0.29, 0.717) is 0 Å². The van der Waals surface area contributed by atoms with Gasteiger partial charge in [-0.25, -0.2) is 0 Å². The molecule has 0 saturated heterocycles. The van der Waals surface area contributed by atoms with E-state index in [-0.39, 0.29) is 15.8 Å². The SMILES string of the molecule is CC(=O)N[C@H](NC(=S)Nc1cc(C(F)(F)F)ccc1Cl)C(Cl)(Cl)Cl. The minimum absolute atomic E-state index is 0.00268. The third-order valence-electron chi connectivity index (χ3n) is 2.49. The van der Waals surface area contributed by atoms with Crippen molar-refractivity contribution < 1.29 is 18.0 Å². The summed E-state index contributed by atoms with van der Waals surface area (Å²) in [5.74, 6) is -0.515. The van der Waals surface area contributed by atoms with Gasteiger partial charge in [0.1, 0.15) is 6.17 Å². The normalized spacial score (nSPS) is 13.2. The highest BCUT2D eigenvalue weighted by Gasteiger charge is 2.34. The number of hydrogen-bond acceptors (Lipinski definition) is 2. The summed E-state index contributed by atoms with van der Waals surface area (Å²) in [7, 11) is 0. The van der Waals surface area contributed by atoms with Crippen molar-refractivity contribution in [3.05, 3.63) is 28.8 Å². The second-order valence-electron chi connectivity index (χ2n) is 4.47. The van der Waals surface area contributed by atoms with Gasteiger partial charge in [-0.05, 0) is 30.4 Å². The van der Waals surface area contributed by atoms with Crippen LogP contribution < -0.4 is 16.0 Å². The molecule has 0 aliphatic carbocycles. The van der Waals surface area contributed by atoms with Crippen LogP contribution in [0.15, 0.2) is 18.2 Å². The quantitative estimate of drug-likeness (QED) is 0.367. The van der Waals surface area contributed by atoms with Crippen LogP contribution in [0.1, 0.15) is 12.5 Å². The Morgan fingerprint density at radius 2 is 1.79 bits per heavy atom. The zero-order valence-electron chi connectivity index (χ0n) is 11.8. The number of alkyl halides is 6. The molecule has 4 nitrogen and oxygen atoms in total. The Morgan fingerprint density at radius 1 is 1.21 bits per heavy atom. The molecular weight excluding hydrogens is 433 g/mol. The standard InChI is InChI=1S/C12H10Cl4F3N3OS/c1-5(23)20-9(11(14,15)16)22-10(24)21-8-4-6(12(17,18)19)2-3-7(8)13/h2-4,9H,1H3,(H,20,23)(H2,21,22,24)/t9-/m1/s1. The van der Waals surface area contributed by atoms with Crippen molar-refractivity contribution in [2.75, 3.05) is 5.32 Å². The minimum atomic E-state index is -4.55. The monoisotopic (exact) mass is 441 g/mol. The number of anilines is 1. The highest BCUT2D eigenvalue weighted by Crippen LogP contribution is 2.34. The van der Waals surface area contributed by atoms with E-state index in [1.807, 2.05) is 0 Å². The molecule has 0 unspecified atom stereocenters. The molecule has 3 N–H and O–H groups in total. The first kappa shape index (κ1) is 21.4. The van der Waals surface area contributed by atoms with Crippen LogP contribution in [-0.2, 0) is 11.0 Å². The van der Waals surface area contributed by atoms with E-state index in [9.17, 15) is 18.0 Å². The molecule has 0 aliphatic heterocycles. The summed E-state index contributed by atoms with van der Waals surface area (Å²) in [6.45, 7) is 1.19. The van der Waals surface area contributed by atoms with Crippen molar-refractivity contribution >= 4 is 75.3 Å². The van der Waals surface area contributed by atoms with Gasteiger partial charge in [0.05, 0.1) is 16.3 Å². The predicted molar refractivity (Wildman–Crippen MR) is 93.7 cm³/mol. The fraction of sp³-hybridized carbons (Fsp3) is 0.333. The van der Waals surface area contributed by atoms with Gasteiger partial charge in [-0.3, -0.25) is 4.79 Å². The molecule has 0 bridgehead atoms. The lowest BCUT2D eigenvalue weighted by molar-refractivity contribution is -0.137. The van der Waals surface area contributed by atoms with Gasteiger partial charge in [-0.2, -0.15) is 13.2 Å². The molecular formula is C12H10Cl4F3N3OS. The number of hydrogen-bond donors (Lipinski definition) is 3. The molecule has 1 atom stereocenters. The number of amides is 1. The first-order valence-electron chi connectivity index (χ1n) is 6.09. The maximum atomic E-state index is 12.7. The van der Waals surface area contributed by atoms with Crippen LogP contribution in [0.4, 0.5) is 18.9 Å². The summed E-state index contributed by atoms with van der Waals surface area (Å²) in [5.41, 5.74) is -1.02. The molecule has 1 aromatic carbocycles. The van der Waals surface area contributed by atoms with Gasteiger partial charge in [-0.1, -0.05) is 46.4 Å². The van der Waals surface area contributed by atoms with E-state index in [2.05, 4.69) is 16.0 Å². The van der Waals surface area contributed by atoms with E-state index in [1.54, 1.807) is 0 Å². The summed E-state index contributed by atoms with van der Waals surface area (Å²) in [5, 5.41) is 7.03. The van der Waals surface area contributed by atoms with Crippen LogP contribution in [0.5, 0.6) is 0 Å². The first-order chi connectivity index (χ1) is 10.8. The van der Waals surface area contributed by atoms with Crippen molar-refractivity contribution in [1.82, 2.24) is 10.6 Å². The third kappa shape index (κ3) is 6.68. The lowest BCUT2D eigenvalue weighted by atomic mass is 10.2. The van der Waals surface area contributed by atoms with Crippen LogP contribution in [-0.4, -0.2) is 21.0 Å². The van der Waals surface area contributed by atoms with Gasteiger partial charge in [0.2, 0.25) is 9.70 Å². The van der Waals surface area contributed by atoms with Gasteiger partial charge >= 0.3 is 6.18 Å². The van der Waals surface area contributed by atoms with Crippen LogP contribution in [0, 0.1) is 0 Å². The smallest absolute Gasteiger partial charge is 0.339 e. The van der Waals surface area contributed by atoms with Gasteiger partial charge in [0, 0.05) is 6.92 Å². The Labute approximate surface area is 161 Å². The Balaban J connectivity index is 2.92. The Bertz CT molecular complexity index is 637.